The molecule has 0 spiro atoms. The third-order valence-corrected chi connectivity index (χ3v) is 3.83. The van der Waals surface area contributed by atoms with Crippen molar-refractivity contribution in [3.05, 3.63) is 12.0 Å². The van der Waals surface area contributed by atoms with Crippen LogP contribution in [-0.4, -0.2) is 47.1 Å². The van der Waals surface area contributed by atoms with Gasteiger partial charge in [-0.2, -0.15) is 4.98 Å². The molecule has 0 saturated carbocycles. The number of nitrogens with one attached hydrogen (secondary N) is 2. The smallest absolute Gasteiger partial charge is 0.224 e. The van der Waals surface area contributed by atoms with Gasteiger partial charge in [0, 0.05) is 25.2 Å². The number of hydrogen-bond acceptors (Lipinski definition) is 5. The Morgan fingerprint density at radius 1 is 1.50 bits per heavy atom. The molecule has 1 aromatic heterocycles. The van der Waals surface area contributed by atoms with Crippen LogP contribution in [0.15, 0.2) is 6.20 Å². The largest absolute Gasteiger partial charge is 0.365 e. The standard InChI is InChI=1S/C14H24FN5/c1-4-6-16-14-17-9-12(15)13(19-14)18-11-5-7-20(3)10(2)8-11/h9-11H,4-8H2,1-3H3,(H2,16,17,18,19). The van der Waals surface area contributed by atoms with E-state index in [1.165, 1.54) is 6.20 Å². The van der Waals surface area contributed by atoms with E-state index in [0.717, 1.165) is 32.4 Å². The summed E-state index contributed by atoms with van der Waals surface area (Å²) in [6.45, 7) is 6.07. The quantitative estimate of drug-likeness (QED) is 0.867. The van der Waals surface area contributed by atoms with Gasteiger partial charge in [0.2, 0.25) is 5.95 Å². The molecule has 2 heterocycles. The van der Waals surface area contributed by atoms with Crippen molar-refractivity contribution < 1.29 is 4.39 Å². The summed E-state index contributed by atoms with van der Waals surface area (Å²) < 4.78 is 13.8. The van der Waals surface area contributed by atoms with Crippen molar-refractivity contribution in [2.45, 2.75) is 45.2 Å². The first-order valence-corrected chi connectivity index (χ1v) is 7.33. The van der Waals surface area contributed by atoms with Crippen LogP contribution in [0.5, 0.6) is 0 Å². The highest BCUT2D eigenvalue weighted by Crippen LogP contribution is 2.21. The van der Waals surface area contributed by atoms with E-state index >= 15 is 0 Å². The molecule has 6 heteroatoms. The molecule has 1 fully saturated rings. The van der Waals surface area contributed by atoms with Gasteiger partial charge in [-0.05, 0) is 33.2 Å². The molecule has 2 atom stereocenters. The molecule has 20 heavy (non-hydrogen) atoms. The minimum Gasteiger partial charge on any atom is -0.365 e. The van der Waals surface area contributed by atoms with Gasteiger partial charge in [0.25, 0.3) is 0 Å². The monoisotopic (exact) mass is 281 g/mol. The molecule has 1 saturated heterocycles. The van der Waals surface area contributed by atoms with Crippen molar-refractivity contribution in [2.24, 2.45) is 0 Å². The van der Waals surface area contributed by atoms with Crippen molar-refractivity contribution in [1.82, 2.24) is 14.9 Å². The van der Waals surface area contributed by atoms with Gasteiger partial charge in [-0.25, -0.2) is 9.37 Å². The lowest BCUT2D eigenvalue weighted by molar-refractivity contribution is 0.190. The van der Waals surface area contributed by atoms with E-state index in [9.17, 15) is 4.39 Å². The van der Waals surface area contributed by atoms with E-state index in [-0.39, 0.29) is 6.04 Å². The van der Waals surface area contributed by atoms with E-state index in [0.29, 0.717) is 17.8 Å². The predicted molar refractivity (Wildman–Crippen MR) is 79.5 cm³/mol. The highest BCUT2D eigenvalue weighted by Gasteiger charge is 2.23. The number of halogens is 1. The van der Waals surface area contributed by atoms with Crippen LogP contribution in [0.2, 0.25) is 0 Å². The molecule has 2 rings (SSSR count). The molecule has 1 aliphatic heterocycles. The molecule has 0 aliphatic carbocycles. The second kappa shape index (κ2) is 6.83. The fourth-order valence-electron chi connectivity index (χ4n) is 2.40. The van der Waals surface area contributed by atoms with Gasteiger partial charge in [0.15, 0.2) is 11.6 Å². The van der Waals surface area contributed by atoms with Crippen molar-refractivity contribution in [2.75, 3.05) is 30.8 Å². The SMILES string of the molecule is CCCNc1ncc(F)c(NC2CCN(C)C(C)C2)n1. The molecule has 5 nitrogen and oxygen atoms in total. The lowest BCUT2D eigenvalue weighted by Gasteiger charge is -2.35. The molecule has 1 aliphatic rings. The minimum atomic E-state index is -0.390. The van der Waals surface area contributed by atoms with Gasteiger partial charge in [-0.1, -0.05) is 6.92 Å². The molecule has 0 aromatic carbocycles. The average molecular weight is 281 g/mol. The molecular weight excluding hydrogens is 257 g/mol. The van der Waals surface area contributed by atoms with Crippen molar-refractivity contribution in [3.63, 3.8) is 0 Å². The van der Waals surface area contributed by atoms with Gasteiger partial charge in [-0.3, -0.25) is 0 Å². The number of hydrogen-bond donors (Lipinski definition) is 2. The number of anilines is 2. The minimum absolute atomic E-state index is 0.268. The Hall–Kier alpha value is -1.43. The van der Waals surface area contributed by atoms with Crippen LogP contribution >= 0.6 is 0 Å². The predicted octanol–water partition coefficient (Wildman–Crippen LogP) is 2.33. The third kappa shape index (κ3) is 3.79. The lowest BCUT2D eigenvalue weighted by Crippen LogP contribution is -2.42. The molecule has 0 radical (unpaired) electrons. The Labute approximate surface area is 120 Å². The van der Waals surface area contributed by atoms with Crippen LogP contribution in [0, 0.1) is 5.82 Å². The second-order valence-electron chi connectivity index (χ2n) is 5.51. The summed E-state index contributed by atoms with van der Waals surface area (Å²) in [5.74, 6) is 0.399. The Bertz CT molecular complexity index is 440. The summed E-state index contributed by atoms with van der Waals surface area (Å²) >= 11 is 0. The van der Waals surface area contributed by atoms with Crippen LogP contribution in [0.3, 0.4) is 0 Å². The fourth-order valence-corrected chi connectivity index (χ4v) is 2.40. The summed E-state index contributed by atoms with van der Waals surface area (Å²) in [6.07, 6.45) is 4.21. The first-order valence-electron chi connectivity index (χ1n) is 7.33. The Balaban J connectivity index is 2.01. The highest BCUT2D eigenvalue weighted by atomic mass is 19.1. The molecule has 1 aromatic rings. The van der Waals surface area contributed by atoms with Crippen LogP contribution in [0.4, 0.5) is 16.2 Å². The van der Waals surface area contributed by atoms with Crippen LogP contribution < -0.4 is 10.6 Å². The maximum Gasteiger partial charge on any atom is 0.224 e. The zero-order valence-electron chi connectivity index (χ0n) is 12.5. The van der Waals surface area contributed by atoms with Gasteiger partial charge in [0.05, 0.1) is 6.20 Å². The first kappa shape index (κ1) is 15.0. The number of likely N-dealkylation sites (tertiary alicyclic amines) is 1. The maximum absolute atomic E-state index is 13.8. The molecule has 2 N–H and O–H groups in total. The normalized spacial score (nSPS) is 23.6. The van der Waals surface area contributed by atoms with Crippen molar-refractivity contribution >= 4 is 11.8 Å². The van der Waals surface area contributed by atoms with E-state index in [1.54, 1.807) is 0 Å². The van der Waals surface area contributed by atoms with Crippen molar-refractivity contribution in [3.8, 4) is 0 Å². The van der Waals surface area contributed by atoms with E-state index in [1.807, 2.05) is 0 Å². The summed E-state index contributed by atoms with van der Waals surface area (Å²) in [4.78, 5) is 10.5. The second-order valence-corrected chi connectivity index (χ2v) is 5.51. The zero-order chi connectivity index (χ0) is 14.5. The number of piperidine rings is 1. The lowest BCUT2D eigenvalue weighted by atomic mass is 9.99. The van der Waals surface area contributed by atoms with E-state index in [4.69, 9.17) is 0 Å². The summed E-state index contributed by atoms with van der Waals surface area (Å²) in [5.41, 5.74) is 0. The zero-order valence-corrected chi connectivity index (χ0v) is 12.5. The van der Waals surface area contributed by atoms with Crippen molar-refractivity contribution in [1.29, 1.82) is 0 Å². The average Bonchev–Trinajstić information content (AvgIpc) is 2.44. The molecule has 0 amide bonds. The van der Waals surface area contributed by atoms with Gasteiger partial charge in [-0.15, -0.1) is 0 Å². The third-order valence-electron chi connectivity index (χ3n) is 3.83. The molecule has 112 valence electrons. The van der Waals surface area contributed by atoms with Gasteiger partial charge < -0.3 is 15.5 Å². The Kier molecular flexibility index (Phi) is 5.11. The maximum atomic E-state index is 13.8. The van der Waals surface area contributed by atoms with E-state index < -0.39 is 5.82 Å². The van der Waals surface area contributed by atoms with Crippen LogP contribution in [0.1, 0.15) is 33.1 Å². The fraction of sp³-hybridized carbons (Fsp3) is 0.714. The summed E-state index contributed by atoms with van der Waals surface area (Å²) in [7, 11) is 2.12. The van der Waals surface area contributed by atoms with Gasteiger partial charge in [0.1, 0.15) is 0 Å². The summed E-state index contributed by atoms with van der Waals surface area (Å²) in [5, 5.41) is 6.30. The van der Waals surface area contributed by atoms with Gasteiger partial charge >= 0.3 is 0 Å². The Morgan fingerprint density at radius 3 is 3.00 bits per heavy atom. The first-order chi connectivity index (χ1) is 9.60. The molecular formula is C14H24FN5. The molecule has 2 unspecified atom stereocenters. The topological polar surface area (TPSA) is 53.1 Å². The van der Waals surface area contributed by atoms with Crippen LogP contribution in [-0.2, 0) is 0 Å². The highest BCUT2D eigenvalue weighted by molar-refractivity contribution is 5.42. The molecule has 0 bridgehead atoms. The summed E-state index contributed by atoms with van der Waals surface area (Å²) in [6, 6.07) is 0.772. The number of nitrogens with zero attached hydrogens (tertiary/aromatic N) is 3. The number of rotatable bonds is 5. The van der Waals surface area contributed by atoms with E-state index in [2.05, 4.69) is 46.4 Å². The Morgan fingerprint density at radius 2 is 2.30 bits per heavy atom. The van der Waals surface area contributed by atoms with Crippen LogP contribution in [0.25, 0.3) is 0 Å². The number of aromatic nitrogens is 2.